The zero-order chi connectivity index (χ0) is 23.0. The van der Waals surface area contributed by atoms with Crippen molar-refractivity contribution < 1.29 is 22.6 Å². The van der Waals surface area contributed by atoms with Crippen molar-refractivity contribution in [2.45, 2.75) is 6.18 Å². The Bertz CT molecular complexity index is 1350. The molecule has 166 valence electrons. The number of methoxy groups -OCH3 is 1. The van der Waals surface area contributed by atoms with Crippen molar-refractivity contribution in [1.29, 1.82) is 0 Å². The summed E-state index contributed by atoms with van der Waals surface area (Å²) in [6.07, 6.45) is -4.47. The van der Waals surface area contributed by atoms with Crippen LogP contribution in [0.2, 0.25) is 0 Å². The third-order valence-corrected chi connectivity index (χ3v) is 5.99. The van der Waals surface area contributed by atoms with Crippen LogP contribution in [0.25, 0.3) is 16.9 Å². The first-order valence-corrected chi connectivity index (χ1v) is 10.6. The molecule has 0 fully saturated rings. The second-order valence-corrected chi connectivity index (χ2v) is 8.76. The molecule has 32 heavy (non-hydrogen) atoms. The minimum Gasteiger partial charge on any atom is -0.467 e. The highest BCUT2D eigenvalue weighted by molar-refractivity contribution is 9.11. The van der Waals surface area contributed by atoms with E-state index < -0.39 is 17.4 Å². The van der Waals surface area contributed by atoms with Gasteiger partial charge < -0.3 is 9.47 Å². The molecule has 0 unspecified atom stereocenters. The van der Waals surface area contributed by atoms with Crippen LogP contribution in [0.4, 0.5) is 13.2 Å². The van der Waals surface area contributed by atoms with Gasteiger partial charge in [-0.25, -0.2) is 19.0 Å². The van der Waals surface area contributed by atoms with Crippen LogP contribution in [-0.4, -0.2) is 26.4 Å². The number of rotatable bonds is 5. The summed E-state index contributed by atoms with van der Waals surface area (Å²) < 4.78 is 53.2. The van der Waals surface area contributed by atoms with Gasteiger partial charge in [0, 0.05) is 12.6 Å². The predicted molar refractivity (Wildman–Crippen MR) is 116 cm³/mol. The molecular formula is C20H14BrF3N4O3S. The van der Waals surface area contributed by atoms with E-state index in [1.165, 1.54) is 30.9 Å². The predicted octanol–water partition coefficient (Wildman–Crippen LogP) is 5.28. The van der Waals surface area contributed by atoms with Gasteiger partial charge in [-0.1, -0.05) is 35.6 Å². The van der Waals surface area contributed by atoms with Crippen LogP contribution >= 0.6 is 27.3 Å². The summed E-state index contributed by atoms with van der Waals surface area (Å²) in [4.78, 5) is 16.9. The lowest BCUT2D eigenvalue weighted by Crippen LogP contribution is -2.22. The Morgan fingerprint density at radius 1 is 1.12 bits per heavy atom. The Labute approximate surface area is 191 Å². The number of benzene rings is 2. The molecule has 0 amide bonds. The fraction of sp³-hybridized carbons (Fsp3) is 0.150. The summed E-state index contributed by atoms with van der Waals surface area (Å²) in [6.45, 7) is 0. The van der Waals surface area contributed by atoms with Crippen LogP contribution in [0.3, 0.4) is 0 Å². The molecule has 4 aromatic rings. The highest BCUT2D eigenvalue weighted by Crippen LogP contribution is 2.41. The molecule has 2 heterocycles. The molecule has 0 N–H and O–H groups in total. The minimum absolute atomic E-state index is 0.0681. The fourth-order valence-corrected chi connectivity index (χ4v) is 4.37. The quantitative estimate of drug-likeness (QED) is 0.354. The number of alkyl halides is 3. The summed E-state index contributed by atoms with van der Waals surface area (Å²) in [7, 11) is 2.88. The number of aryl methyl sites for hydroxylation is 1. The van der Waals surface area contributed by atoms with Crippen LogP contribution in [0, 0.1) is 0 Å². The maximum atomic E-state index is 13.1. The normalized spacial score (nSPS) is 11.6. The zero-order valence-corrected chi connectivity index (χ0v) is 19.0. The molecule has 0 saturated heterocycles. The Balaban J connectivity index is 1.72. The molecular weight excluding hydrogens is 513 g/mol. The molecule has 0 aliphatic carbocycles. The number of thiazole rings is 1. The van der Waals surface area contributed by atoms with Crippen LogP contribution in [0.1, 0.15) is 5.56 Å². The average molecular weight is 527 g/mol. The first-order valence-electron chi connectivity index (χ1n) is 9.00. The van der Waals surface area contributed by atoms with E-state index in [2.05, 4.69) is 26.0 Å². The maximum Gasteiger partial charge on any atom is 0.416 e. The molecule has 7 nitrogen and oxygen atoms in total. The highest BCUT2D eigenvalue weighted by Gasteiger charge is 2.31. The second kappa shape index (κ2) is 8.43. The zero-order valence-electron chi connectivity index (χ0n) is 16.6. The van der Waals surface area contributed by atoms with Crippen molar-refractivity contribution in [3.8, 4) is 33.9 Å². The van der Waals surface area contributed by atoms with Gasteiger partial charge in [0.1, 0.15) is 3.79 Å². The van der Waals surface area contributed by atoms with Crippen LogP contribution in [-0.2, 0) is 13.2 Å². The summed E-state index contributed by atoms with van der Waals surface area (Å²) in [5, 5.41) is 4.19. The number of hydrogen-bond donors (Lipinski definition) is 0. The molecule has 12 heteroatoms. The van der Waals surface area contributed by atoms with Crippen molar-refractivity contribution >= 4 is 27.3 Å². The van der Waals surface area contributed by atoms with E-state index in [0.717, 1.165) is 28.2 Å². The molecule has 0 aliphatic heterocycles. The Kier molecular flexibility index (Phi) is 5.82. The van der Waals surface area contributed by atoms with Crippen molar-refractivity contribution in [3.63, 3.8) is 0 Å². The molecule has 0 spiro atoms. The molecule has 0 atom stereocenters. The Hall–Kier alpha value is -3.12. The molecule has 0 aliphatic rings. The first kappa shape index (κ1) is 22.1. The van der Waals surface area contributed by atoms with Crippen molar-refractivity contribution in [1.82, 2.24) is 19.3 Å². The van der Waals surface area contributed by atoms with Gasteiger partial charge in [-0.05, 0) is 40.2 Å². The monoisotopic (exact) mass is 526 g/mol. The Morgan fingerprint density at radius 2 is 1.88 bits per heavy atom. The topological polar surface area (TPSA) is 71.2 Å². The van der Waals surface area contributed by atoms with Gasteiger partial charge in [0.25, 0.3) is 5.19 Å². The standard InChI is InChI=1S/C20H14BrF3N4O3S/c1-27-19(29)28(17(26-27)30-2)13-8-3-4-9-14(13)31-18-25-15(16(21)32-18)11-6-5-7-12(10-11)20(22,23)24/h3-10H,1-2H3. The molecule has 2 aromatic carbocycles. The van der Waals surface area contributed by atoms with Crippen LogP contribution < -0.4 is 15.2 Å². The smallest absolute Gasteiger partial charge is 0.416 e. The van der Waals surface area contributed by atoms with Gasteiger partial charge in [0.05, 0.1) is 24.1 Å². The number of ether oxygens (including phenoxy) is 2. The van der Waals surface area contributed by atoms with Crippen molar-refractivity contribution in [2.24, 2.45) is 7.05 Å². The van der Waals surface area contributed by atoms with Gasteiger partial charge >= 0.3 is 17.9 Å². The van der Waals surface area contributed by atoms with Crippen LogP contribution in [0.5, 0.6) is 17.0 Å². The maximum absolute atomic E-state index is 13.1. The number of nitrogens with zero attached hydrogens (tertiary/aromatic N) is 4. The lowest BCUT2D eigenvalue weighted by Gasteiger charge is -2.10. The molecule has 4 rings (SSSR count). The molecule has 0 radical (unpaired) electrons. The van der Waals surface area contributed by atoms with E-state index in [1.807, 2.05) is 0 Å². The van der Waals surface area contributed by atoms with Crippen LogP contribution in [0.15, 0.2) is 57.1 Å². The summed E-state index contributed by atoms with van der Waals surface area (Å²) in [5.74, 6) is 0.290. The van der Waals surface area contributed by atoms with Gasteiger partial charge in [-0.15, -0.1) is 5.10 Å². The van der Waals surface area contributed by atoms with E-state index >= 15 is 0 Å². The lowest BCUT2D eigenvalue weighted by atomic mass is 10.1. The highest BCUT2D eigenvalue weighted by atomic mass is 79.9. The van der Waals surface area contributed by atoms with E-state index in [1.54, 1.807) is 24.3 Å². The SMILES string of the molecule is COc1nn(C)c(=O)n1-c1ccccc1Oc1nc(-c2cccc(C(F)(F)F)c2)c(Br)s1. The van der Waals surface area contributed by atoms with Gasteiger partial charge in [0.15, 0.2) is 5.75 Å². The second-order valence-electron chi connectivity index (χ2n) is 6.48. The molecule has 0 saturated carbocycles. The van der Waals surface area contributed by atoms with E-state index in [4.69, 9.17) is 9.47 Å². The van der Waals surface area contributed by atoms with E-state index in [0.29, 0.717) is 15.2 Å². The number of hydrogen-bond acceptors (Lipinski definition) is 6. The number of aromatic nitrogens is 4. The molecule has 0 bridgehead atoms. The van der Waals surface area contributed by atoms with Gasteiger partial charge in [-0.3, -0.25) is 0 Å². The minimum atomic E-state index is -4.47. The Morgan fingerprint density at radius 3 is 2.59 bits per heavy atom. The number of halogens is 4. The summed E-state index contributed by atoms with van der Waals surface area (Å²) in [6, 6.07) is 11.7. The van der Waals surface area contributed by atoms with Crippen molar-refractivity contribution in [2.75, 3.05) is 7.11 Å². The fourth-order valence-electron chi connectivity index (χ4n) is 2.95. The average Bonchev–Trinajstić information content (AvgIpc) is 3.26. The lowest BCUT2D eigenvalue weighted by molar-refractivity contribution is -0.137. The van der Waals surface area contributed by atoms with Gasteiger partial charge in [0.2, 0.25) is 0 Å². The first-order chi connectivity index (χ1) is 15.2. The van der Waals surface area contributed by atoms with E-state index in [9.17, 15) is 18.0 Å². The van der Waals surface area contributed by atoms with E-state index in [-0.39, 0.29) is 22.5 Å². The molecule has 2 aromatic heterocycles. The van der Waals surface area contributed by atoms with Crippen molar-refractivity contribution in [3.05, 3.63) is 68.4 Å². The number of para-hydroxylation sites is 2. The third kappa shape index (κ3) is 4.15. The van der Waals surface area contributed by atoms with Gasteiger partial charge in [-0.2, -0.15) is 13.2 Å². The summed E-state index contributed by atoms with van der Waals surface area (Å²) >= 11 is 4.45. The third-order valence-electron chi connectivity index (χ3n) is 4.41. The largest absolute Gasteiger partial charge is 0.467 e. The summed E-state index contributed by atoms with van der Waals surface area (Å²) in [5.41, 5.74) is -0.246.